The molecule has 1 heterocycles. The Morgan fingerprint density at radius 3 is 2.30 bits per heavy atom. The lowest BCUT2D eigenvalue weighted by Crippen LogP contribution is -2.24. The first-order valence-corrected chi connectivity index (χ1v) is 10.5. The number of carbonyl (C=O) groups is 1. The van der Waals surface area contributed by atoms with E-state index in [0.29, 0.717) is 5.75 Å². The van der Waals surface area contributed by atoms with Gasteiger partial charge in [-0.2, -0.15) is 5.10 Å². The van der Waals surface area contributed by atoms with Gasteiger partial charge in [0.05, 0.1) is 11.9 Å². The van der Waals surface area contributed by atoms with Crippen molar-refractivity contribution in [3.63, 3.8) is 0 Å². The molecular formula is C24H26BrN3O2. The molecule has 0 radical (unpaired) electrons. The Kier molecular flexibility index (Phi) is 6.77. The summed E-state index contributed by atoms with van der Waals surface area (Å²) in [6.45, 7) is 10.2. The van der Waals surface area contributed by atoms with Gasteiger partial charge in [0, 0.05) is 21.4 Å². The van der Waals surface area contributed by atoms with Crippen LogP contribution in [0.3, 0.4) is 0 Å². The van der Waals surface area contributed by atoms with Crippen LogP contribution in [-0.4, -0.2) is 23.3 Å². The summed E-state index contributed by atoms with van der Waals surface area (Å²) >= 11 is 3.69. The second-order valence-corrected chi connectivity index (χ2v) is 8.11. The van der Waals surface area contributed by atoms with Crippen molar-refractivity contribution in [2.75, 3.05) is 6.61 Å². The number of hydrogen-bond acceptors (Lipinski definition) is 3. The maximum absolute atomic E-state index is 12.1. The number of benzene rings is 2. The first kappa shape index (κ1) is 21.8. The van der Waals surface area contributed by atoms with Gasteiger partial charge in [-0.15, -0.1) is 0 Å². The lowest BCUT2D eigenvalue weighted by molar-refractivity contribution is -0.123. The van der Waals surface area contributed by atoms with E-state index in [9.17, 15) is 4.79 Å². The SMILES string of the molecule is Cc1ccccc1OCC(=O)N/N=C\c1c(Br)c(C)n(-c2c(C)cccc2C)c1C. The maximum Gasteiger partial charge on any atom is 0.277 e. The number of amides is 1. The Bertz CT molecular complexity index is 1100. The van der Waals surface area contributed by atoms with Gasteiger partial charge in [-0.1, -0.05) is 36.4 Å². The summed E-state index contributed by atoms with van der Waals surface area (Å²) in [5, 5.41) is 4.14. The number of aryl methyl sites for hydroxylation is 3. The van der Waals surface area contributed by atoms with Crippen molar-refractivity contribution in [2.45, 2.75) is 34.6 Å². The van der Waals surface area contributed by atoms with Crippen LogP contribution in [0.2, 0.25) is 0 Å². The van der Waals surface area contributed by atoms with Crippen molar-refractivity contribution < 1.29 is 9.53 Å². The number of rotatable bonds is 6. The number of para-hydroxylation sites is 2. The molecule has 0 unspecified atom stereocenters. The maximum atomic E-state index is 12.1. The molecule has 0 saturated heterocycles. The number of aromatic nitrogens is 1. The van der Waals surface area contributed by atoms with Gasteiger partial charge in [0.1, 0.15) is 5.75 Å². The quantitative estimate of drug-likeness (QED) is 0.394. The van der Waals surface area contributed by atoms with Crippen LogP contribution >= 0.6 is 15.9 Å². The Balaban J connectivity index is 1.75. The molecule has 3 rings (SSSR count). The second kappa shape index (κ2) is 9.30. The van der Waals surface area contributed by atoms with Gasteiger partial charge in [0.15, 0.2) is 6.61 Å². The normalized spacial score (nSPS) is 11.1. The average molecular weight is 468 g/mol. The van der Waals surface area contributed by atoms with E-state index in [0.717, 1.165) is 27.0 Å². The summed E-state index contributed by atoms with van der Waals surface area (Å²) in [6, 6.07) is 13.9. The van der Waals surface area contributed by atoms with Gasteiger partial charge in [-0.25, -0.2) is 5.43 Å². The molecular weight excluding hydrogens is 442 g/mol. The molecule has 156 valence electrons. The number of hydrogen-bond donors (Lipinski definition) is 1. The number of hydrazone groups is 1. The van der Waals surface area contributed by atoms with Crippen LogP contribution in [0, 0.1) is 34.6 Å². The van der Waals surface area contributed by atoms with Crippen LogP contribution in [0.15, 0.2) is 52.0 Å². The van der Waals surface area contributed by atoms with Crippen molar-refractivity contribution in [2.24, 2.45) is 5.10 Å². The lowest BCUT2D eigenvalue weighted by atomic mass is 10.1. The van der Waals surface area contributed by atoms with Crippen LogP contribution in [0.1, 0.15) is 33.6 Å². The zero-order valence-electron chi connectivity index (χ0n) is 17.9. The fraction of sp³-hybridized carbons (Fsp3) is 0.250. The van der Waals surface area contributed by atoms with Crippen molar-refractivity contribution >= 4 is 28.1 Å². The summed E-state index contributed by atoms with van der Waals surface area (Å²) in [7, 11) is 0. The zero-order valence-corrected chi connectivity index (χ0v) is 19.5. The Morgan fingerprint density at radius 2 is 1.63 bits per heavy atom. The Morgan fingerprint density at radius 1 is 1.00 bits per heavy atom. The van der Waals surface area contributed by atoms with E-state index >= 15 is 0 Å². The van der Waals surface area contributed by atoms with Gasteiger partial charge in [-0.3, -0.25) is 4.79 Å². The smallest absolute Gasteiger partial charge is 0.277 e. The zero-order chi connectivity index (χ0) is 21.8. The Hall–Kier alpha value is -2.86. The molecule has 6 heteroatoms. The molecule has 1 aromatic heterocycles. The third-order valence-corrected chi connectivity index (χ3v) is 6.11. The van der Waals surface area contributed by atoms with Gasteiger partial charge in [0.2, 0.25) is 0 Å². The number of ether oxygens (including phenoxy) is 1. The van der Waals surface area contributed by atoms with Crippen LogP contribution in [0.4, 0.5) is 0 Å². The monoisotopic (exact) mass is 467 g/mol. The minimum absolute atomic E-state index is 0.0925. The average Bonchev–Trinajstić information content (AvgIpc) is 2.91. The highest BCUT2D eigenvalue weighted by molar-refractivity contribution is 9.10. The summed E-state index contributed by atoms with van der Waals surface area (Å²) in [5.74, 6) is 0.380. The topological polar surface area (TPSA) is 55.6 Å². The molecule has 0 aliphatic rings. The van der Waals surface area contributed by atoms with Crippen molar-refractivity contribution in [1.29, 1.82) is 0 Å². The van der Waals surface area contributed by atoms with E-state index in [1.165, 1.54) is 16.8 Å². The van der Waals surface area contributed by atoms with E-state index in [1.807, 2.05) is 38.1 Å². The van der Waals surface area contributed by atoms with E-state index in [1.54, 1.807) is 6.21 Å². The molecule has 3 aromatic rings. The van der Waals surface area contributed by atoms with Crippen LogP contribution in [-0.2, 0) is 4.79 Å². The summed E-state index contributed by atoms with van der Waals surface area (Å²) in [4.78, 5) is 12.1. The summed E-state index contributed by atoms with van der Waals surface area (Å²) in [5.41, 5.74) is 10.2. The lowest BCUT2D eigenvalue weighted by Gasteiger charge is -2.15. The minimum Gasteiger partial charge on any atom is -0.483 e. The summed E-state index contributed by atoms with van der Waals surface area (Å²) < 4.78 is 8.73. The molecule has 0 aliphatic heterocycles. The van der Waals surface area contributed by atoms with Crippen LogP contribution in [0.5, 0.6) is 5.75 Å². The molecule has 0 fully saturated rings. The van der Waals surface area contributed by atoms with Crippen molar-refractivity contribution in [3.05, 3.63) is 80.6 Å². The van der Waals surface area contributed by atoms with Crippen LogP contribution < -0.4 is 10.2 Å². The highest BCUT2D eigenvalue weighted by Gasteiger charge is 2.18. The first-order chi connectivity index (χ1) is 14.3. The number of nitrogens with zero attached hydrogens (tertiary/aromatic N) is 2. The Labute approximate surface area is 185 Å². The summed E-state index contributed by atoms with van der Waals surface area (Å²) in [6.07, 6.45) is 1.67. The molecule has 1 N–H and O–H groups in total. The molecule has 2 aromatic carbocycles. The number of nitrogens with one attached hydrogen (secondary N) is 1. The molecule has 0 atom stereocenters. The third kappa shape index (κ3) is 4.49. The van der Waals surface area contributed by atoms with Crippen molar-refractivity contribution in [1.82, 2.24) is 9.99 Å². The molecule has 0 spiro atoms. The van der Waals surface area contributed by atoms with Gasteiger partial charge in [-0.05, 0) is 73.3 Å². The molecule has 0 saturated carbocycles. The largest absolute Gasteiger partial charge is 0.483 e. The van der Waals surface area contributed by atoms with Gasteiger partial charge in [0.25, 0.3) is 5.91 Å². The van der Waals surface area contributed by atoms with Crippen LogP contribution in [0.25, 0.3) is 5.69 Å². The van der Waals surface area contributed by atoms with Gasteiger partial charge < -0.3 is 9.30 Å². The highest BCUT2D eigenvalue weighted by atomic mass is 79.9. The number of carbonyl (C=O) groups excluding carboxylic acids is 1. The second-order valence-electron chi connectivity index (χ2n) is 7.32. The predicted octanol–water partition coefficient (Wildman–Crippen LogP) is 5.31. The number of halogens is 1. The molecule has 30 heavy (non-hydrogen) atoms. The van der Waals surface area contributed by atoms with E-state index < -0.39 is 0 Å². The standard InChI is InChI=1S/C24H26BrN3O2/c1-15-9-6-7-12-21(15)30-14-22(29)27-26-13-20-18(4)28(19(5)23(20)25)24-16(2)10-8-11-17(24)3/h6-13H,14H2,1-5H3,(H,27,29)/b26-13-. The fourth-order valence-corrected chi connectivity index (χ4v) is 4.10. The predicted molar refractivity (Wildman–Crippen MR) is 125 cm³/mol. The molecule has 5 nitrogen and oxygen atoms in total. The fourth-order valence-electron chi connectivity index (χ4n) is 3.53. The van der Waals surface area contributed by atoms with E-state index in [-0.39, 0.29) is 12.5 Å². The first-order valence-electron chi connectivity index (χ1n) is 9.75. The highest BCUT2D eigenvalue weighted by Crippen LogP contribution is 2.32. The molecule has 0 bridgehead atoms. The van der Waals surface area contributed by atoms with Gasteiger partial charge >= 0.3 is 0 Å². The molecule has 1 amide bonds. The third-order valence-electron chi connectivity index (χ3n) is 5.11. The van der Waals surface area contributed by atoms with E-state index in [4.69, 9.17) is 4.74 Å². The van der Waals surface area contributed by atoms with Crippen molar-refractivity contribution in [3.8, 4) is 11.4 Å². The molecule has 0 aliphatic carbocycles. The van der Waals surface area contributed by atoms with E-state index in [2.05, 4.69) is 70.0 Å². The minimum atomic E-state index is -0.311.